The number of carbonyl (C=O) groups excluding carboxylic acids is 1. The third-order valence-electron chi connectivity index (χ3n) is 3.84. The molecule has 116 valence electrons. The predicted octanol–water partition coefficient (Wildman–Crippen LogP) is 4.02. The topological polar surface area (TPSA) is 47.8 Å². The van der Waals surface area contributed by atoms with Crippen molar-refractivity contribution in [2.75, 3.05) is 0 Å². The smallest absolute Gasteiger partial charge is 0.191 e. The van der Waals surface area contributed by atoms with Gasteiger partial charge in [0.1, 0.15) is 5.82 Å². The Morgan fingerprint density at radius 3 is 3.00 bits per heavy atom. The molecule has 6 heteroatoms. The van der Waals surface area contributed by atoms with Crippen LogP contribution in [0.25, 0.3) is 0 Å². The maximum Gasteiger partial charge on any atom is 0.191 e. The van der Waals surface area contributed by atoms with E-state index in [1.165, 1.54) is 24.6 Å². The molecule has 0 bridgehead atoms. The van der Waals surface area contributed by atoms with Crippen molar-refractivity contribution in [1.82, 2.24) is 14.8 Å². The number of Topliss-reactive ketones (excluding diaryl/α,β-unsaturated/α-hetero) is 1. The number of thioether (sulfide) groups is 1. The van der Waals surface area contributed by atoms with Crippen molar-refractivity contribution in [2.24, 2.45) is 0 Å². The molecule has 0 N–H and O–H groups in total. The van der Waals surface area contributed by atoms with Gasteiger partial charge in [0.05, 0.1) is 5.25 Å². The Labute approximate surface area is 139 Å². The number of carbonyl (C=O) groups is 1. The number of hydrogen-bond donors (Lipinski definition) is 0. The molecule has 3 rings (SSSR count). The van der Waals surface area contributed by atoms with Gasteiger partial charge in [0.25, 0.3) is 0 Å². The molecular formula is C16H18ClN3OS. The zero-order chi connectivity index (χ0) is 15.5. The SMILES string of the molecule is CC(Sc1nnc2n1CCCCC2)C(=O)c1cccc(Cl)c1. The molecule has 0 spiro atoms. The summed E-state index contributed by atoms with van der Waals surface area (Å²) >= 11 is 7.44. The molecule has 0 saturated heterocycles. The standard InChI is InChI=1S/C16H18ClN3OS/c1-11(15(21)12-6-5-7-13(17)10-12)22-16-19-18-14-8-3-2-4-9-20(14)16/h5-7,10-11H,2-4,8-9H2,1H3. The monoisotopic (exact) mass is 335 g/mol. The normalized spacial score (nSPS) is 15.9. The molecule has 22 heavy (non-hydrogen) atoms. The van der Waals surface area contributed by atoms with E-state index in [1.54, 1.807) is 24.3 Å². The molecule has 0 aliphatic carbocycles. The molecular weight excluding hydrogens is 318 g/mol. The van der Waals surface area contributed by atoms with Crippen LogP contribution in [0.15, 0.2) is 29.4 Å². The summed E-state index contributed by atoms with van der Waals surface area (Å²) in [5.74, 6) is 1.11. The molecule has 1 atom stereocenters. The number of halogens is 1. The first kappa shape index (κ1) is 15.6. The number of nitrogens with zero attached hydrogens (tertiary/aromatic N) is 3. The summed E-state index contributed by atoms with van der Waals surface area (Å²) < 4.78 is 2.17. The van der Waals surface area contributed by atoms with Crippen molar-refractivity contribution in [3.63, 3.8) is 0 Å². The molecule has 0 amide bonds. The average Bonchev–Trinajstić information content (AvgIpc) is 2.74. The van der Waals surface area contributed by atoms with E-state index in [1.807, 2.05) is 6.92 Å². The lowest BCUT2D eigenvalue weighted by Crippen LogP contribution is -2.15. The summed E-state index contributed by atoms with van der Waals surface area (Å²) in [5, 5.41) is 9.76. The fourth-order valence-electron chi connectivity index (χ4n) is 2.63. The first-order chi connectivity index (χ1) is 10.6. The predicted molar refractivity (Wildman–Crippen MR) is 88.7 cm³/mol. The molecule has 1 unspecified atom stereocenters. The van der Waals surface area contributed by atoms with E-state index in [2.05, 4.69) is 14.8 Å². The molecule has 1 aromatic carbocycles. The Morgan fingerprint density at radius 2 is 2.18 bits per heavy atom. The van der Waals surface area contributed by atoms with Gasteiger partial charge in [-0.15, -0.1) is 10.2 Å². The number of aromatic nitrogens is 3. The third kappa shape index (κ3) is 3.36. The van der Waals surface area contributed by atoms with Gasteiger partial charge in [0.2, 0.25) is 0 Å². The minimum absolute atomic E-state index is 0.0680. The first-order valence-electron chi connectivity index (χ1n) is 7.53. The van der Waals surface area contributed by atoms with Gasteiger partial charge in [0, 0.05) is 23.6 Å². The fraction of sp³-hybridized carbons (Fsp3) is 0.438. The Balaban J connectivity index is 1.75. The van der Waals surface area contributed by atoms with E-state index in [-0.39, 0.29) is 11.0 Å². The van der Waals surface area contributed by atoms with Crippen molar-refractivity contribution in [3.05, 3.63) is 40.7 Å². The zero-order valence-electron chi connectivity index (χ0n) is 12.5. The van der Waals surface area contributed by atoms with Gasteiger partial charge < -0.3 is 4.57 Å². The number of ketones is 1. The zero-order valence-corrected chi connectivity index (χ0v) is 14.0. The highest BCUT2D eigenvalue weighted by atomic mass is 35.5. The van der Waals surface area contributed by atoms with Crippen molar-refractivity contribution in [3.8, 4) is 0 Å². The Kier molecular flexibility index (Phi) is 4.84. The van der Waals surface area contributed by atoms with Gasteiger partial charge in [0.15, 0.2) is 10.9 Å². The number of rotatable bonds is 4. The fourth-order valence-corrected chi connectivity index (χ4v) is 3.80. The van der Waals surface area contributed by atoms with E-state index < -0.39 is 0 Å². The second-order valence-corrected chi connectivity index (χ2v) is 7.24. The van der Waals surface area contributed by atoms with Crippen molar-refractivity contribution in [1.29, 1.82) is 0 Å². The Bertz CT molecular complexity index is 686. The van der Waals surface area contributed by atoms with Gasteiger partial charge in [-0.25, -0.2) is 0 Å². The lowest BCUT2D eigenvalue weighted by atomic mass is 10.1. The van der Waals surface area contributed by atoms with E-state index in [0.29, 0.717) is 10.6 Å². The summed E-state index contributed by atoms with van der Waals surface area (Å²) in [7, 11) is 0. The third-order valence-corrected chi connectivity index (χ3v) is 5.15. The summed E-state index contributed by atoms with van der Waals surface area (Å²) in [4.78, 5) is 12.5. The van der Waals surface area contributed by atoms with Crippen molar-refractivity contribution in [2.45, 2.75) is 49.6 Å². The minimum Gasteiger partial charge on any atom is -0.306 e. The quantitative estimate of drug-likeness (QED) is 0.625. The van der Waals surface area contributed by atoms with Crippen LogP contribution in [-0.4, -0.2) is 25.8 Å². The maximum atomic E-state index is 12.5. The molecule has 2 aromatic rings. The summed E-state index contributed by atoms with van der Waals surface area (Å²) in [6.45, 7) is 2.86. The number of benzene rings is 1. The van der Waals surface area contributed by atoms with E-state index in [0.717, 1.165) is 30.4 Å². The van der Waals surface area contributed by atoms with E-state index >= 15 is 0 Å². The highest BCUT2D eigenvalue weighted by Crippen LogP contribution is 2.27. The van der Waals surface area contributed by atoms with Gasteiger partial charge in [-0.1, -0.05) is 41.9 Å². The van der Waals surface area contributed by atoms with Crippen LogP contribution in [0.5, 0.6) is 0 Å². The number of hydrogen-bond acceptors (Lipinski definition) is 4. The summed E-state index contributed by atoms with van der Waals surface area (Å²) in [6.07, 6.45) is 4.52. The summed E-state index contributed by atoms with van der Waals surface area (Å²) in [6, 6.07) is 7.09. The Hall–Kier alpha value is -1.33. The van der Waals surface area contributed by atoms with Crippen LogP contribution >= 0.6 is 23.4 Å². The lowest BCUT2D eigenvalue weighted by molar-refractivity contribution is 0.0994. The molecule has 2 heterocycles. The van der Waals surface area contributed by atoms with Gasteiger partial charge in [-0.05, 0) is 31.9 Å². The highest BCUT2D eigenvalue weighted by Gasteiger charge is 2.22. The summed E-state index contributed by atoms with van der Waals surface area (Å²) in [5.41, 5.74) is 0.642. The number of fused-ring (bicyclic) bond motifs is 1. The van der Waals surface area contributed by atoms with Crippen LogP contribution in [0.2, 0.25) is 5.02 Å². The molecule has 0 fully saturated rings. The molecule has 0 saturated carbocycles. The van der Waals surface area contributed by atoms with E-state index in [9.17, 15) is 4.79 Å². The van der Waals surface area contributed by atoms with Crippen LogP contribution in [0, 0.1) is 0 Å². The highest BCUT2D eigenvalue weighted by molar-refractivity contribution is 8.00. The van der Waals surface area contributed by atoms with Crippen LogP contribution in [0.3, 0.4) is 0 Å². The molecule has 1 aliphatic rings. The van der Waals surface area contributed by atoms with Gasteiger partial charge in [-0.2, -0.15) is 0 Å². The van der Waals surface area contributed by atoms with Gasteiger partial charge >= 0.3 is 0 Å². The van der Waals surface area contributed by atoms with Gasteiger partial charge in [-0.3, -0.25) is 4.79 Å². The van der Waals surface area contributed by atoms with E-state index in [4.69, 9.17) is 11.6 Å². The molecule has 1 aromatic heterocycles. The van der Waals surface area contributed by atoms with Crippen LogP contribution in [-0.2, 0) is 13.0 Å². The second kappa shape index (κ2) is 6.84. The Morgan fingerprint density at radius 1 is 1.32 bits per heavy atom. The first-order valence-corrected chi connectivity index (χ1v) is 8.79. The number of aryl methyl sites for hydroxylation is 1. The van der Waals surface area contributed by atoms with Crippen LogP contribution in [0.1, 0.15) is 42.4 Å². The molecule has 1 aliphatic heterocycles. The van der Waals surface area contributed by atoms with Crippen molar-refractivity contribution >= 4 is 29.1 Å². The van der Waals surface area contributed by atoms with Crippen LogP contribution in [0.4, 0.5) is 0 Å². The molecule has 0 radical (unpaired) electrons. The van der Waals surface area contributed by atoms with Crippen LogP contribution < -0.4 is 0 Å². The lowest BCUT2D eigenvalue weighted by Gasteiger charge is -2.11. The largest absolute Gasteiger partial charge is 0.306 e. The minimum atomic E-state index is -0.213. The van der Waals surface area contributed by atoms with Crippen molar-refractivity contribution < 1.29 is 4.79 Å². The maximum absolute atomic E-state index is 12.5. The molecule has 4 nitrogen and oxygen atoms in total. The average molecular weight is 336 g/mol. The second-order valence-electron chi connectivity index (χ2n) is 5.50.